The standard InChI is InChI=1S/C6H11FO5.4C2H4O2/c7-6-5(11)4(10)3(9)2(1-8)12-6;4*1-2(3)4/h2-6,8-11H,1H2;4*1H3,(H,3,4)/t2-,3-,4+,5+,6+;;;;/m1..../s1. The molecule has 8 N–H and O–H groups in total. The molecule has 1 aliphatic rings. The predicted octanol–water partition coefficient (Wildman–Crippen LogP) is -1.88. The summed E-state index contributed by atoms with van der Waals surface area (Å²) in [7, 11) is 0. The van der Waals surface area contributed by atoms with Crippen LogP contribution in [0.5, 0.6) is 0 Å². The Morgan fingerprint density at radius 3 is 1.18 bits per heavy atom. The van der Waals surface area contributed by atoms with Gasteiger partial charge in [-0.3, -0.25) is 19.2 Å². The number of carboxylic acid groups (broad SMARTS) is 4. The van der Waals surface area contributed by atoms with Gasteiger partial charge in [0.2, 0.25) is 6.36 Å². The molecule has 0 aromatic rings. The van der Waals surface area contributed by atoms with Gasteiger partial charge in [-0.15, -0.1) is 0 Å². The molecule has 0 aliphatic carbocycles. The van der Waals surface area contributed by atoms with E-state index in [1.54, 1.807) is 0 Å². The number of halogens is 1. The summed E-state index contributed by atoms with van der Waals surface area (Å²) in [5, 5.41) is 65.1. The minimum atomic E-state index is -2.07. The van der Waals surface area contributed by atoms with Crippen LogP contribution in [0.3, 0.4) is 0 Å². The topological polar surface area (TPSA) is 239 Å². The third-order valence-electron chi connectivity index (χ3n) is 1.83. The van der Waals surface area contributed by atoms with Gasteiger partial charge < -0.3 is 45.6 Å². The number of carbonyl (C=O) groups is 4. The van der Waals surface area contributed by atoms with Gasteiger partial charge in [0.15, 0.2) is 0 Å². The Labute approximate surface area is 159 Å². The fraction of sp³-hybridized carbons (Fsp3) is 0.714. The lowest BCUT2D eigenvalue weighted by molar-refractivity contribution is -0.262. The zero-order valence-corrected chi connectivity index (χ0v) is 15.6. The highest BCUT2D eigenvalue weighted by Gasteiger charge is 2.43. The Morgan fingerprint density at radius 1 is 0.714 bits per heavy atom. The van der Waals surface area contributed by atoms with Crippen LogP contribution in [0.15, 0.2) is 0 Å². The van der Waals surface area contributed by atoms with Crippen LogP contribution >= 0.6 is 0 Å². The highest BCUT2D eigenvalue weighted by Crippen LogP contribution is 2.21. The van der Waals surface area contributed by atoms with Gasteiger partial charge >= 0.3 is 0 Å². The summed E-state index contributed by atoms with van der Waals surface area (Å²) in [6.07, 6.45) is -8.09. The third kappa shape index (κ3) is 31.4. The van der Waals surface area contributed by atoms with Crippen molar-refractivity contribution in [1.29, 1.82) is 0 Å². The third-order valence-corrected chi connectivity index (χ3v) is 1.83. The molecule has 14 heteroatoms. The summed E-state index contributed by atoms with van der Waals surface area (Å²) in [6, 6.07) is 0. The van der Waals surface area contributed by atoms with E-state index in [2.05, 4.69) is 4.74 Å². The van der Waals surface area contributed by atoms with Gasteiger partial charge in [-0.05, 0) is 0 Å². The summed E-state index contributed by atoms with van der Waals surface area (Å²) in [5.74, 6) is -3.33. The second-order valence-corrected chi connectivity index (χ2v) is 4.76. The average molecular weight is 422 g/mol. The lowest BCUT2D eigenvalue weighted by atomic mass is 10.00. The smallest absolute Gasteiger partial charge is 0.300 e. The predicted molar refractivity (Wildman–Crippen MR) is 88.1 cm³/mol. The number of rotatable bonds is 1. The Balaban J connectivity index is -0.000000150. The molecule has 0 bridgehead atoms. The molecule has 1 rings (SSSR count). The SMILES string of the molecule is CC(=O)O.CC(=O)O.CC(=O)O.CC(=O)O.OC[C@H]1O[C@H](F)[C@@H](O)[C@@H](O)[C@@H]1O. The van der Waals surface area contributed by atoms with E-state index in [1.165, 1.54) is 0 Å². The lowest BCUT2D eigenvalue weighted by Gasteiger charge is -2.36. The fourth-order valence-electron chi connectivity index (χ4n) is 1.06. The molecule has 5 atom stereocenters. The number of hydrogen-bond acceptors (Lipinski definition) is 9. The summed E-state index contributed by atoms with van der Waals surface area (Å²) >= 11 is 0. The second-order valence-electron chi connectivity index (χ2n) is 4.76. The molecule has 0 saturated carbocycles. The summed E-state index contributed by atoms with van der Waals surface area (Å²) in [4.78, 5) is 36.0. The Bertz CT molecular complexity index is 388. The van der Waals surface area contributed by atoms with Gasteiger partial charge in [-0.2, -0.15) is 0 Å². The molecule has 0 radical (unpaired) electrons. The van der Waals surface area contributed by atoms with Crippen molar-refractivity contribution in [3.63, 3.8) is 0 Å². The largest absolute Gasteiger partial charge is 0.481 e. The molecular formula is C14H27FO13. The van der Waals surface area contributed by atoms with Crippen molar-refractivity contribution >= 4 is 23.9 Å². The summed E-state index contributed by atoms with van der Waals surface area (Å²) in [5.41, 5.74) is 0. The molecule has 0 aromatic heterocycles. The molecule has 0 amide bonds. The molecule has 1 saturated heterocycles. The minimum Gasteiger partial charge on any atom is -0.481 e. The van der Waals surface area contributed by atoms with E-state index in [1.807, 2.05) is 0 Å². The van der Waals surface area contributed by atoms with E-state index in [4.69, 9.17) is 60.0 Å². The normalized spacial score (nSPS) is 24.7. The number of ether oxygens (including phenoxy) is 1. The molecular weight excluding hydrogens is 395 g/mol. The zero-order valence-electron chi connectivity index (χ0n) is 15.6. The first kappa shape index (κ1) is 33.2. The number of aliphatic hydroxyl groups excluding tert-OH is 4. The van der Waals surface area contributed by atoms with Crippen LogP contribution in [0.1, 0.15) is 27.7 Å². The molecule has 1 aliphatic heterocycles. The Hall–Kier alpha value is -2.39. The van der Waals surface area contributed by atoms with E-state index in [0.29, 0.717) is 0 Å². The Kier molecular flexibility index (Phi) is 23.0. The molecule has 13 nitrogen and oxygen atoms in total. The second kappa shape index (κ2) is 19.4. The number of aliphatic hydroxyl groups is 4. The molecule has 0 aromatic carbocycles. The maximum absolute atomic E-state index is 12.6. The van der Waals surface area contributed by atoms with Crippen LogP contribution in [0.4, 0.5) is 4.39 Å². The van der Waals surface area contributed by atoms with Crippen LogP contribution in [-0.2, 0) is 23.9 Å². The van der Waals surface area contributed by atoms with Crippen molar-refractivity contribution in [2.24, 2.45) is 0 Å². The van der Waals surface area contributed by atoms with Crippen molar-refractivity contribution in [2.75, 3.05) is 6.61 Å². The van der Waals surface area contributed by atoms with Crippen molar-refractivity contribution in [2.45, 2.75) is 58.5 Å². The van der Waals surface area contributed by atoms with Gasteiger partial charge in [0.1, 0.15) is 24.4 Å². The van der Waals surface area contributed by atoms with Crippen molar-refractivity contribution in [3.05, 3.63) is 0 Å². The van der Waals surface area contributed by atoms with Crippen molar-refractivity contribution in [3.8, 4) is 0 Å². The van der Waals surface area contributed by atoms with Gasteiger partial charge in [0, 0.05) is 27.7 Å². The number of carboxylic acids is 4. The monoisotopic (exact) mass is 422 g/mol. The Morgan fingerprint density at radius 2 is 0.964 bits per heavy atom. The first-order valence-corrected chi connectivity index (χ1v) is 7.23. The number of hydrogen-bond donors (Lipinski definition) is 8. The average Bonchev–Trinajstić information content (AvgIpc) is 2.46. The van der Waals surface area contributed by atoms with E-state index in [-0.39, 0.29) is 0 Å². The van der Waals surface area contributed by atoms with Gasteiger partial charge in [-0.1, -0.05) is 0 Å². The first-order valence-electron chi connectivity index (χ1n) is 7.23. The number of aliphatic carboxylic acids is 4. The minimum absolute atomic E-state index is 0.606. The molecule has 1 fully saturated rings. The lowest BCUT2D eigenvalue weighted by Crippen LogP contribution is -2.57. The van der Waals surface area contributed by atoms with Gasteiger partial charge in [0.05, 0.1) is 6.61 Å². The van der Waals surface area contributed by atoms with E-state index >= 15 is 0 Å². The quantitative estimate of drug-likeness (QED) is 0.231. The number of alkyl halides is 1. The maximum atomic E-state index is 12.6. The highest BCUT2D eigenvalue weighted by atomic mass is 19.1. The fourth-order valence-corrected chi connectivity index (χ4v) is 1.06. The molecule has 0 spiro atoms. The van der Waals surface area contributed by atoms with Gasteiger partial charge in [-0.25, -0.2) is 4.39 Å². The van der Waals surface area contributed by atoms with Crippen LogP contribution in [-0.4, -0.2) is 102 Å². The van der Waals surface area contributed by atoms with Crippen LogP contribution < -0.4 is 0 Å². The van der Waals surface area contributed by atoms with Gasteiger partial charge in [0.25, 0.3) is 23.9 Å². The molecule has 28 heavy (non-hydrogen) atoms. The first-order chi connectivity index (χ1) is 12.5. The molecule has 1 heterocycles. The highest BCUT2D eigenvalue weighted by molar-refractivity contribution is 5.63. The van der Waals surface area contributed by atoms with E-state index < -0.39 is 61.3 Å². The van der Waals surface area contributed by atoms with Crippen LogP contribution in [0, 0.1) is 0 Å². The molecule has 168 valence electrons. The molecule has 0 unspecified atom stereocenters. The van der Waals surface area contributed by atoms with Crippen molar-refractivity contribution < 1.29 is 69.2 Å². The van der Waals surface area contributed by atoms with E-state index in [0.717, 1.165) is 27.7 Å². The maximum Gasteiger partial charge on any atom is 0.300 e. The zero-order chi connectivity index (χ0) is 23.6. The van der Waals surface area contributed by atoms with Crippen molar-refractivity contribution in [1.82, 2.24) is 0 Å². The van der Waals surface area contributed by atoms with Crippen LogP contribution in [0.2, 0.25) is 0 Å². The van der Waals surface area contributed by atoms with Crippen LogP contribution in [0.25, 0.3) is 0 Å². The summed E-state index contributed by atoms with van der Waals surface area (Å²) < 4.78 is 16.9. The van der Waals surface area contributed by atoms with E-state index in [9.17, 15) is 4.39 Å². The summed E-state index contributed by atoms with van der Waals surface area (Å²) in [6.45, 7) is 3.73.